The monoisotopic (exact) mass is 794 g/mol. The van der Waals surface area contributed by atoms with E-state index in [1.165, 1.54) is 54.0 Å². The summed E-state index contributed by atoms with van der Waals surface area (Å²) >= 11 is 0. The van der Waals surface area contributed by atoms with E-state index in [4.69, 9.17) is 18.9 Å². The fourth-order valence-electron chi connectivity index (χ4n) is 8.39. The van der Waals surface area contributed by atoms with Crippen molar-refractivity contribution in [2.24, 2.45) is 7.05 Å². The second-order valence-corrected chi connectivity index (χ2v) is 14.6. The fourth-order valence-corrected chi connectivity index (χ4v) is 8.39. The van der Waals surface area contributed by atoms with E-state index < -0.39 is 107 Å². The summed E-state index contributed by atoms with van der Waals surface area (Å²) in [7, 11) is 2.81. The number of aromatic nitrogens is 1. The lowest BCUT2D eigenvalue weighted by Crippen LogP contribution is -2.60. The molecule has 1 amide bonds. The van der Waals surface area contributed by atoms with Gasteiger partial charge >= 0.3 is 11.9 Å². The Labute approximate surface area is 324 Å². The topological polar surface area (TPSA) is 261 Å². The van der Waals surface area contributed by atoms with Crippen molar-refractivity contribution in [3.8, 4) is 17.2 Å². The number of hydrogen-bond acceptors (Lipinski definition) is 16. The molecule has 6 atom stereocenters. The van der Waals surface area contributed by atoms with E-state index in [-0.39, 0.29) is 59.9 Å². The molecule has 2 fully saturated rings. The number of methoxy groups -OCH3 is 1. The molecule has 19 heteroatoms. The first kappa shape index (κ1) is 39.8. The maximum absolute atomic E-state index is 14.0. The van der Waals surface area contributed by atoms with Crippen LogP contribution in [0.25, 0.3) is 0 Å². The molecule has 1 aromatic heterocycles. The third-order valence-corrected chi connectivity index (χ3v) is 11.5. The van der Waals surface area contributed by atoms with Gasteiger partial charge in [0.2, 0.25) is 5.78 Å². The van der Waals surface area contributed by atoms with Crippen LogP contribution in [0.2, 0.25) is 0 Å². The highest BCUT2D eigenvalue weighted by Gasteiger charge is 2.51. The Balaban J connectivity index is 1.12. The molecule has 304 valence electrons. The Morgan fingerprint density at radius 3 is 2.39 bits per heavy atom. The zero-order valence-corrected chi connectivity index (χ0v) is 31.2. The standard InChI is InChI=1S/C38H42N4O15/c1-18-32(45)22(40-9-11-41(12-10-40)37(50)55-17-19-7-8-26(39(19)2)42(52)53)13-27(56-18)57-24-15-38(51,25(44)16-43)14-21-29(24)36(49)31-30(34(21)47)33(46)20-5-4-6-23(54-3)28(20)35(31)48/h4-8,18,22,24,27,32,43,45,47,49,51H,9-17H2,1-3H3/t18-,22?,24-,27-,32+,38-/m0/s1. The molecule has 0 saturated carbocycles. The van der Waals surface area contributed by atoms with Crippen LogP contribution in [0.1, 0.15) is 74.5 Å². The zero-order valence-electron chi connectivity index (χ0n) is 31.2. The maximum atomic E-state index is 14.0. The number of phenolic OH excluding ortho intramolecular Hbond substituents is 2. The number of piperazine rings is 1. The summed E-state index contributed by atoms with van der Waals surface area (Å²) in [5, 5.41) is 67.3. The number of aliphatic hydroxyl groups is 3. The van der Waals surface area contributed by atoms with E-state index in [9.17, 15) is 54.8 Å². The van der Waals surface area contributed by atoms with Crippen LogP contribution < -0.4 is 4.74 Å². The minimum absolute atomic E-state index is 0.0279. The number of carbonyl (C=O) groups excluding carboxylic acids is 4. The molecule has 1 unspecified atom stereocenters. The predicted molar refractivity (Wildman–Crippen MR) is 193 cm³/mol. The van der Waals surface area contributed by atoms with E-state index >= 15 is 0 Å². The van der Waals surface area contributed by atoms with Gasteiger partial charge in [-0.15, -0.1) is 0 Å². The van der Waals surface area contributed by atoms with Gasteiger partial charge in [0, 0.05) is 74.2 Å². The van der Waals surface area contributed by atoms with Crippen molar-refractivity contribution in [1.82, 2.24) is 14.4 Å². The minimum atomic E-state index is -2.33. The van der Waals surface area contributed by atoms with Crippen molar-refractivity contribution in [3.63, 3.8) is 0 Å². The van der Waals surface area contributed by atoms with E-state index in [0.717, 1.165) is 0 Å². The number of aliphatic hydroxyl groups excluding tert-OH is 2. The van der Waals surface area contributed by atoms with Gasteiger partial charge in [0.1, 0.15) is 35.2 Å². The Morgan fingerprint density at radius 1 is 1.04 bits per heavy atom. The van der Waals surface area contributed by atoms with Crippen molar-refractivity contribution in [2.45, 2.75) is 69.0 Å². The summed E-state index contributed by atoms with van der Waals surface area (Å²) < 4.78 is 24.5. The smallest absolute Gasteiger partial charge is 0.410 e. The van der Waals surface area contributed by atoms with Gasteiger partial charge in [-0.3, -0.25) is 19.3 Å². The summed E-state index contributed by atoms with van der Waals surface area (Å²) in [6, 6.07) is 6.56. The molecule has 3 heterocycles. The number of benzene rings is 2. The normalized spacial score (nSPS) is 26.0. The summed E-state index contributed by atoms with van der Waals surface area (Å²) in [5.74, 6) is -4.14. The summed E-state index contributed by atoms with van der Waals surface area (Å²) in [6.07, 6.45) is -6.17. The van der Waals surface area contributed by atoms with Crippen LogP contribution in [0, 0.1) is 10.1 Å². The van der Waals surface area contributed by atoms with E-state index in [0.29, 0.717) is 18.8 Å². The van der Waals surface area contributed by atoms with Crippen molar-refractivity contribution in [3.05, 3.63) is 79.5 Å². The van der Waals surface area contributed by atoms with E-state index in [1.54, 1.807) is 6.92 Å². The van der Waals surface area contributed by atoms with E-state index in [1.807, 2.05) is 4.90 Å². The molecule has 19 nitrogen and oxygen atoms in total. The molecule has 2 aromatic carbocycles. The highest BCUT2D eigenvalue weighted by molar-refractivity contribution is 6.31. The quantitative estimate of drug-likeness (QED) is 0.0907. The third-order valence-electron chi connectivity index (χ3n) is 11.5. The van der Waals surface area contributed by atoms with Crippen molar-refractivity contribution in [2.75, 3.05) is 39.9 Å². The molecular formula is C38H42N4O15. The number of nitro groups is 1. The number of Topliss-reactive ketones (excluding diaryl/α,β-unsaturated/α-hetero) is 1. The number of hydrogen-bond donors (Lipinski definition) is 5. The van der Waals surface area contributed by atoms with Gasteiger partial charge < -0.3 is 59.5 Å². The first-order valence-corrected chi connectivity index (χ1v) is 18.3. The Hall–Kier alpha value is -5.44. The Bertz CT molecular complexity index is 2160. The molecule has 2 aliphatic carbocycles. The van der Waals surface area contributed by atoms with Crippen LogP contribution in [0.3, 0.4) is 0 Å². The van der Waals surface area contributed by atoms with Gasteiger partial charge in [-0.2, -0.15) is 0 Å². The number of fused-ring (bicyclic) bond motifs is 3. The number of ketones is 3. The molecule has 0 spiro atoms. The molecule has 0 bridgehead atoms. The molecule has 2 aliphatic heterocycles. The number of rotatable bonds is 9. The van der Waals surface area contributed by atoms with Gasteiger partial charge in [-0.25, -0.2) is 9.36 Å². The molecular weight excluding hydrogens is 752 g/mol. The van der Waals surface area contributed by atoms with Crippen LogP contribution in [-0.4, -0.2) is 138 Å². The lowest BCUT2D eigenvalue weighted by Gasteiger charge is -2.47. The van der Waals surface area contributed by atoms with Gasteiger partial charge in [0.05, 0.1) is 49.2 Å². The largest absolute Gasteiger partial charge is 0.507 e. The second kappa shape index (κ2) is 15.1. The van der Waals surface area contributed by atoms with Crippen LogP contribution in [0.4, 0.5) is 10.6 Å². The first-order valence-electron chi connectivity index (χ1n) is 18.3. The number of carbonyl (C=O) groups is 4. The molecule has 2 saturated heterocycles. The van der Waals surface area contributed by atoms with E-state index in [2.05, 4.69) is 0 Å². The minimum Gasteiger partial charge on any atom is -0.507 e. The molecule has 4 aliphatic rings. The molecule has 0 radical (unpaired) electrons. The lowest BCUT2D eigenvalue weighted by atomic mass is 9.72. The average molecular weight is 795 g/mol. The highest BCUT2D eigenvalue weighted by atomic mass is 16.7. The zero-order chi connectivity index (χ0) is 41.1. The van der Waals surface area contributed by atoms with Crippen molar-refractivity contribution >= 4 is 29.3 Å². The first-order chi connectivity index (χ1) is 27.1. The van der Waals surface area contributed by atoms with Crippen LogP contribution in [0.5, 0.6) is 17.2 Å². The molecule has 3 aromatic rings. The van der Waals surface area contributed by atoms with Crippen molar-refractivity contribution in [1.29, 1.82) is 0 Å². The highest BCUT2D eigenvalue weighted by Crippen LogP contribution is 2.52. The van der Waals surface area contributed by atoms with Gasteiger partial charge in [0.25, 0.3) is 0 Å². The van der Waals surface area contributed by atoms with Gasteiger partial charge in [0.15, 0.2) is 24.5 Å². The summed E-state index contributed by atoms with van der Waals surface area (Å²) in [4.78, 5) is 67.7. The predicted octanol–water partition coefficient (Wildman–Crippen LogP) is 1.24. The Morgan fingerprint density at radius 2 is 1.74 bits per heavy atom. The molecule has 7 rings (SSSR count). The van der Waals surface area contributed by atoms with Crippen molar-refractivity contribution < 1.29 is 68.6 Å². The fraction of sp³-hybridized carbons (Fsp3) is 0.474. The molecule has 57 heavy (non-hydrogen) atoms. The van der Waals surface area contributed by atoms with Crippen LogP contribution >= 0.6 is 0 Å². The van der Waals surface area contributed by atoms with Gasteiger partial charge in [-0.1, -0.05) is 12.1 Å². The molecule has 5 N–H and O–H groups in total. The Kier molecular flexibility index (Phi) is 10.6. The average Bonchev–Trinajstić information content (AvgIpc) is 3.57. The SMILES string of the molecule is COc1cccc2c1C(=O)c1c(O)c3c(c(O)c1C2=O)C[C@@](O)(C(=O)CO)C[C@@H]3O[C@H]1CC(N2CCN(C(=O)OCc3ccc([N+](=O)[O-])n3C)CC2)[C@H](O)[C@H](C)O1. The summed E-state index contributed by atoms with van der Waals surface area (Å²) in [6.45, 7) is 1.44. The number of amides is 1. The maximum Gasteiger partial charge on any atom is 0.410 e. The number of nitrogens with zero attached hydrogens (tertiary/aromatic N) is 4. The second-order valence-electron chi connectivity index (χ2n) is 14.6. The van der Waals surface area contributed by atoms with Gasteiger partial charge in [-0.05, 0) is 24.0 Å². The van der Waals surface area contributed by atoms with Crippen LogP contribution in [0.15, 0.2) is 30.3 Å². The lowest BCUT2D eigenvalue weighted by molar-refractivity contribution is -0.391. The summed E-state index contributed by atoms with van der Waals surface area (Å²) in [5.41, 5.74) is -3.50. The number of aromatic hydroxyl groups is 2. The van der Waals surface area contributed by atoms with Crippen LogP contribution in [-0.2, 0) is 39.1 Å². The third kappa shape index (κ3) is 6.78. The number of ether oxygens (including phenoxy) is 4. The number of phenols is 2.